The second-order valence-corrected chi connectivity index (χ2v) is 7.87. The molecule has 0 saturated heterocycles. The molecule has 4 aromatic rings. The van der Waals surface area contributed by atoms with Crippen LogP contribution in [-0.2, 0) is 0 Å². The van der Waals surface area contributed by atoms with Crippen LogP contribution in [0.25, 0.3) is 5.00 Å². The molecule has 4 nitrogen and oxygen atoms in total. The monoisotopic (exact) mass is 385 g/mol. The smallest absolute Gasteiger partial charge is 0.262 e. The minimum Gasteiger partial charge on any atom is -0.349 e. The van der Waals surface area contributed by atoms with Crippen molar-refractivity contribution in [3.05, 3.63) is 102 Å². The van der Waals surface area contributed by atoms with Crippen LogP contribution in [0, 0.1) is 0 Å². The molecule has 5 heteroatoms. The number of carbonyl (C=O) groups excluding carboxylic acids is 1. The molecule has 1 amide bonds. The molecule has 2 aromatic carbocycles. The highest BCUT2D eigenvalue weighted by atomic mass is 32.1. The Morgan fingerprint density at radius 1 is 0.821 bits per heavy atom. The average molecular weight is 385 g/mol. The Morgan fingerprint density at radius 3 is 2.32 bits per heavy atom. The van der Waals surface area contributed by atoms with Gasteiger partial charge in [0.1, 0.15) is 6.17 Å². The summed E-state index contributed by atoms with van der Waals surface area (Å²) in [6.45, 7) is 0. The van der Waals surface area contributed by atoms with Crippen LogP contribution in [0.3, 0.4) is 0 Å². The van der Waals surface area contributed by atoms with Crippen molar-refractivity contribution in [2.75, 3.05) is 16.8 Å². The maximum Gasteiger partial charge on any atom is 0.262 e. The zero-order valence-corrected chi connectivity index (χ0v) is 16.2. The molecule has 0 spiro atoms. The van der Waals surface area contributed by atoms with E-state index in [0.29, 0.717) is 0 Å². The first-order chi connectivity index (χ1) is 13.7. The number of carbonyl (C=O) groups is 1. The number of amides is 1. The minimum absolute atomic E-state index is 0.0285. The van der Waals surface area contributed by atoms with Crippen LogP contribution in [-0.4, -0.2) is 17.5 Å². The van der Waals surface area contributed by atoms with Crippen LogP contribution >= 0.6 is 11.3 Å². The Labute approximate surface area is 167 Å². The molecule has 3 heterocycles. The fourth-order valence-electron chi connectivity index (χ4n) is 3.77. The van der Waals surface area contributed by atoms with Gasteiger partial charge in [-0.1, -0.05) is 30.3 Å². The largest absolute Gasteiger partial charge is 0.349 e. The van der Waals surface area contributed by atoms with Crippen molar-refractivity contribution in [3.8, 4) is 5.00 Å². The minimum atomic E-state index is -0.195. The number of aromatic nitrogens is 1. The average Bonchev–Trinajstić information content (AvgIpc) is 3.43. The van der Waals surface area contributed by atoms with Crippen molar-refractivity contribution in [2.45, 2.75) is 6.17 Å². The quantitative estimate of drug-likeness (QED) is 0.477. The van der Waals surface area contributed by atoms with E-state index >= 15 is 0 Å². The number of para-hydroxylation sites is 2. The molecule has 5 rings (SSSR count). The molecule has 0 aliphatic carbocycles. The van der Waals surface area contributed by atoms with Gasteiger partial charge in [0.05, 0.1) is 21.1 Å². The molecule has 28 heavy (non-hydrogen) atoms. The lowest BCUT2D eigenvalue weighted by atomic mass is 10.0. The first-order valence-electron chi connectivity index (χ1n) is 9.17. The summed E-state index contributed by atoms with van der Waals surface area (Å²) in [6, 6.07) is 26.0. The number of hydrogen-bond acceptors (Lipinski definition) is 3. The lowest BCUT2D eigenvalue weighted by molar-refractivity contribution is 0.0970. The number of fused-ring (bicyclic) bond motifs is 1. The summed E-state index contributed by atoms with van der Waals surface area (Å²) >= 11 is 1.70. The first kappa shape index (κ1) is 16.8. The lowest BCUT2D eigenvalue weighted by Crippen LogP contribution is -2.47. The number of thiophene rings is 1. The fourth-order valence-corrected chi connectivity index (χ4v) is 4.88. The third-order valence-corrected chi connectivity index (χ3v) is 6.24. The van der Waals surface area contributed by atoms with Gasteiger partial charge in [-0.3, -0.25) is 9.69 Å². The summed E-state index contributed by atoms with van der Waals surface area (Å²) in [5.41, 5.74) is 2.59. The van der Waals surface area contributed by atoms with Gasteiger partial charge in [0.25, 0.3) is 5.91 Å². The molecule has 0 radical (unpaired) electrons. The van der Waals surface area contributed by atoms with Gasteiger partial charge < -0.3 is 9.47 Å². The van der Waals surface area contributed by atoms with Crippen molar-refractivity contribution in [1.82, 2.24) is 4.57 Å². The number of benzene rings is 2. The molecule has 0 saturated carbocycles. The van der Waals surface area contributed by atoms with E-state index in [1.165, 1.54) is 0 Å². The van der Waals surface area contributed by atoms with Crippen LogP contribution in [0.5, 0.6) is 0 Å². The normalized spacial score (nSPS) is 16.3. The van der Waals surface area contributed by atoms with Gasteiger partial charge in [0.2, 0.25) is 0 Å². The van der Waals surface area contributed by atoms with Gasteiger partial charge in [0.15, 0.2) is 0 Å². The van der Waals surface area contributed by atoms with E-state index in [1.54, 1.807) is 11.3 Å². The van der Waals surface area contributed by atoms with Gasteiger partial charge in [0, 0.05) is 25.1 Å². The summed E-state index contributed by atoms with van der Waals surface area (Å²) < 4.78 is 2.10. The van der Waals surface area contributed by atoms with Crippen molar-refractivity contribution >= 4 is 28.6 Å². The molecule has 0 N–H and O–H groups in total. The summed E-state index contributed by atoms with van der Waals surface area (Å²) in [5, 5.41) is 1.13. The fraction of sp³-hybridized carbons (Fsp3) is 0.0870. The highest BCUT2D eigenvalue weighted by molar-refractivity contribution is 7.14. The molecule has 1 atom stereocenters. The van der Waals surface area contributed by atoms with Gasteiger partial charge in [-0.05, 0) is 48.5 Å². The molecule has 1 unspecified atom stereocenters. The van der Waals surface area contributed by atoms with E-state index in [-0.39, 0.29) is 12.1 Å². The van der Waals surface area contributed by atoms with Crippen molar-refractivity contribution in [3.63, 3.8) is 0 Å². The number of rotatable bonds is 3. The molecule has 1 aliphatic rings. The predicted octanol–water partition coefficient (Wildman–Crippen LogP) is 5.33. The Balaban J connectivity index is 1.66. The molecular weight excluding hydrogens is 366 g/mol. The summed E-state index contributed by atoms with van der Waals surface area (Å²) in [6.07, 6.45) is 3.88. The van der Waals surface area contributed by atoms with Crippen molar-refractivity contribution in [1.29, 1.82) is 0 Å². The SMILES string of the molecule is CN1c2ccccc2C(=O)N(c2ccccc2)C1c1ccc(-n2cccc2)s1. The van der Waals surface area contributed by atoms with Gasteiger partial charge in [-0.2, -0.15) is 0 Å². The van der Waals surface area contributed by atoms with Crippen LogP contribution in [0.15, 0.2) is 91.3 Å². The highest BCUT2D eigenvalue weighted by Crippen LogP contribution is 2.42. The summed E-state index contributed by atoms with van der Waals surface area (Å²) in [5.74, 6) is 0.0285. The van der Waals surface area contributed by atoms with E-state index in [9.17, 15) is 4.79 Å². The third kappa shape index (κ3) is 2.63. The van der Waals surface area contributed by atoms with Gasteiger partial charge >= 0.3 is 0 Å². The van der Waals surface area contributed by atoms with E-state index in [2.05, 4.69) is 28.6 Å². The van der Waals surface area contributed by atoms with Crippen molar-refractivity contribution in [2.24, 2.45) is 0 Å². The maximum absolute atomic E-state index is 13.5. The molecule has 2 aromatic heterocycles. The zero-order chi connectivity index (χ0) is 19.1. The third-order valence-electron chi connectivity index (χ3n) is 5.11. The van der Waals surface area contributed by atoms with Crippen LogP contribution < -0.4 is 9.80 Å². The summed E-state index contributed by atoms with van der Waals surface area (Å²) in [7, 11) is 2.06. The number of anilines is 2. The highest BCUT2D eigenvalue weighted by Gasteiger charge is 2.38. The second-order valence-electron chi connectivity index (χ2n) is 6.78. The Hall–Kier alpha value is -3.31. The zero-order valence-electron chi connectivity index (χ0n) is 15.4. The lowest BCUT2D eigenvalue weighted by Gasteiger charge is -2.43. The van der Waals surface area contributed by atoms with Crippen LogP contribution in [0.4, 0.5) is 11.4 Å². The Bertz CT molecular complexity index is 1120. The van der Waals surface area contributed by atoms with E-state index < -0.39 is 0 Å². The van der Waals surface area contributed by atoms with E-state index in [0.717, 1.165) is 26.8 Å². The summed E-state index contributed by atoms with van der Waals surface area (Å²) in [4.78, 5) is 18.7. The standard InChI is InChI=1S/C23H19N3OS/c1-24-19-12-6-5-11-18(19)23(27)26(17-9-3-2-4-10-17)22(24)20-13-14-21(28-20)25-15-7-8-16-25/h2-16,22H,1H3. The second kappa shape index (κ2) is 6.69. The van der Waals surface area contributed by atoms with Gasteiger partial charge in [-0.25, -0.2) is 0 Å². The molecule has 0 fully saturated rings. The van der Waals surface area contributed by atoms with E-state index in [1.807, 2.05) is 84.0 Å². The molecule has 0 bridgehead atoms. The van der Waals surface area contributed by atoms with Crippen LogP contribution in [0.1, 0.15) is 21.4 Å². The predicted molar refractivity (Wildman–Crippen MR) is 114 cm³/mol. The van der Waals surface area contributed by atoms with Crippen molar-refractivity contribution < 1.29 is 4.79 Å². The van der Waals surface area contributed by atoms with Crippen LogP contribution in [0.2, 0.25) is 0 Å². The topological polar surface area (TPSA) is 28.5 Å². The Kier molecular flexibility index (Phi) is 4.02. The van der Waals surface area contributed by atoms with Gasteiger partial charge in [-0.15, -0.1) is 11.3 Å². The molecule has 138 valence electrons. The van der Waals surface area contributed by atoms with E-state index in [4.69, 9.17) is 0 Å². The first-order valence-corrected chi connectivity index (χ1v) is 9.99. The number of nitrogens with zero attached hydrogens (tertiary/aromatic N) is 3. The maximum atomic E-state index is 13.5. The molecular formula is C23H19N3OS. The Morgan fingerprint density at radius 2 is 1.54 bits per heavy atom. The molecule has 1 aliphatic heterocycles. The number of hydrogen-bond donors (Lipinski definition) is 0.